The molecule has 2 aliphatic rings. The van der Waals surface area contributed by atoms with E-state index in [1.54, 1.807) is 18.9 Å². The summed E-state index contributed by atoms with van der Waals surface area (Å²) in [6.45, 7) is 6.54. The lowest BCUT2D eigenvalue weighted by Crippen LogP contribution is -2.35. The van der Waals surface area contributed by atoms with Crippen LogP contribution in [0.1, 0.15) is 25.3 Å². The van der Waals surface area contributed by atoms with E-state index in [0.717, 1.165) is 18.4 Å². The number of methoxy groups -OCH3 is 1. The molecule has 1 saturated heterocycles. The molecule has 1 aliphatic carbocycles. The molecule has 3 rings (SSSR count). The summed E-state index contributed by atoms with van der Waals surface area (Å²) in [6, 6.07) is 5.75. The Morgan fingerprint density at radius 1 is 1.38 bits per heavy atom. The molecule has 0 unspecified atom stereocenters. The first kappa shape index (κ1) is 17.6. The van der Waals surface area contributed by atoms with E-state index in [4.69, 9.17) is 32.7 Å². The fourth-order valence-corrected chi connectivity index (χ4v) is 4.39. The minimum atomic E-state index is -0.342. The standard InChI is InChI=1S/C18H21Cl2NO3/c1-11(2)24-17(22)21-9-13-6-14(23-3)8-18(13,10-21)12-4-5-15(19)16(20)7-12/h4-5,7,13-14H,1,6,8-10H2,2-3H3/t13-,14-,18+/m1/s1. The number of benzene rings is 1. The fourth-order valence-electron chi connectivity index (χ4n) is 4.10. The maximum Gasteiger partial charge on any atom is 0.414 e. The second-order valence-electron chi connectivity index (χ2n) is 6.73. The van der Waals surface area contributed by atoms with Gasteiger partial charge in [-0.3, -0.25) is 0 Å². The molecule has 1 aliphatic heterocycles. The van der Waals surface area contributed by atoms with Gasteiger partial charge in [0.25, 0.3) is 0 Å². The minimum Gasteiger partial charge on any atom is -0.416 e. The lowest BCUT2D eigenvalue weighted by atomic mass is 9.74. The first-order valence-corrected chi connectivity index (χ1v) is 8.72. The normalized spacial score (nSPS) is 28.8. The van der Waals surface area contributed by atoms with Gasteiger partial charge in [-0.15, -0.1) is 0 Å². The maximum atomic E-state index is 12.3. The first-order valence-electron chi connectivity index (χ1n) is 7.96. The molecule has 1 heterocycles. The third-order valence-electron chi connectivity index (χ3n) is 5.18. The molecule has 0 aromatic heterocycles. The summed E-state index contributed by atoms with van der Waals surface area (Å²) in [4.78, 5) is 14.1. The summed E-state index contributed by atoms with van der Waals surface area (Å²) < 4.78 is 10.8. The van der Waals surface area contributed by atoms with Crippen LogP contribution in [-0.2, 0) is 14.9 Å². The van der Waals surface area contributed by atoms with Gasteiger partial charge in [0.15, 0.2) is 0 Å². The summed E-state index contributed by atoms with van der Waals surface area (Å²) in [5, 5.41) is 1.07. The van der Waals surface area contributed by atoms with Crippen LogP contribution < -0.4 is 0 Å². The second kappa shape index (κ2) is 6.58. The average Bonchev–Trinajstić information content (AvgIpc) is 3.04. The van der Waals surface area contributed by atoms with E-state index in [9.17, 15) is 4.79 Å². The van der Waals surface area contributed by atoms with Crippen molar-refractivity contribution in [2.75, 3.05) is 20.2 Å². The van der Waals surface area contributed by atoms with E-state index < -0.39 is 0 Å². The summed E-state index contributed by atoms with van der Waals surface area (Å²) in [5.74, 6) is 0.702. The molecule has 1 saturated carbocycles. The van der Waals surface area contributed by atoms with Crippen molar-refractivity contribution in [1.29, 1.82) is 0 Å². The molecule has 1 aromatic rings. The molecule has 1 amide bonds. The van der Waals surface area contributed by atoms with E-state index >= 15 is 0 Å². The topological polar surface area (TPSA) is 38.8 Å². The number of carbonyl (C=O) groups excluding carboxylic acids is 1. The number of rotatable bonds is 3. The molecule has 24 heavy (non-hydrogen) atoms. The van der Waals surface area contributed by atoms with Gasteiger partial charge < -0.3 is 14.4 Å². The molecule has 1 aromatic carbocycles. The van der Waals surface area contributed by atoms with Crippen LogP contribution in [0.2, 0.25) is 10.0 Å². The van der Waals surface area contributed by atoms with Gasteiger partial charge in [-0.05, 0) is 43.4 Å². The van der Waals surface area contributed by atoms with Gasteiger partial charge in [0.2, 0.25) is 0 Å². The van der Waals surface area contributed by atoms with Crippen LogP contribution >= 0.6 is 23.2 Å². The summed E-state index contributed by atoms with van der Waals surface area (Å²) in [7, 11) is 1.74. The number of allylic oxidation sites excluding steroid dienone is 1. The molecule has 4 nitrogen and oxygen atoms in total. The van der Waals surface area contributed by atoms with E-state index in [2.05, 4.69) is 6.58 Å². The van der Waals surface area contributed by atoms with Crippen molar-refractivity contribution in [2.24, 2.45) is 5.92 Å². The SMILES string of the molecule is C=C(C)OC(=O)N1C[C@H]2C[C@@H](OC)C[C@@]2(c2ccc(Cl)c(Cl)c2)C1. The van der Waals surface area contributed by atoms with Crippen molar-refractivity contribution in [3.63, 3.8) is 0 Å². The average molecular weight is 370 g/mol. The van der Waals surface area contributed by atoms with Crippen LogP contribution in [0, 0.1) is 5.92 Å². The molecule has 0 bridgehead atoms. The molecule has 0 spiro atoms. The smallest absolute Gasteiger partial charge is 0.414 e. The Kier molecular flexibility index (Phi) is 4.82. The van der Waals surface area contributed by atoms with Gasteiger partial charge in [0.1, 0.15) is 0 Å². The molecule has 3 atom stereocenters. The lowest BCUT2D eigenvalue weighted by Gasteiger charge is -2.30. The molecular weight excluding hydrogens is 349 g/mol. The Morgan fingerprint density at radius 2 is 2.12 bits per heavy atom. The van der Waals surface area contributed by atoms with E-state index in [-0.39, 0.29) is 17.6 Å². The molecule has 6 heteroatoms. The summed E-state index contributed by atoms with van der Waals surface area (Å²) in [5.41, 5.74) is 0.926. The van der Waals surface area contributed by atoms with Gasteiger partial charge in [-0.1, -0.05) is 35.8 Å². The minimum absolute atomic E-state index is 0.178. The van der Waals surface area contributed by atoms with Crippen LogP contribution in [0.15, 0.2) is 30.5 Å². The van der Waals surface area contributed by atoms with Crippen molar-refractivity contribution in [3.8, 4) is 0 Å². The van der Waals surface area contributed by atoms with Gasteiger partial charge in [0.05, 0.1) is 21.9 Å². The maximum absolute atomic E-state index is 12.3. The van der Waals surface area contributed by atoms with Crippen LogP contribution in [0.25, 0.3) is 0 Å². The van der Waals surface area contributed by atoms with Crippen molar-refractivity contribution in [3.05, 3.63) is 46.1 Å². The Labute approximate surface area is 152 Å². The highest BCUT2D eigenvalue weighted by Gasteiger charge is 2.55. The first-order chi connectivity index (χ1) is 11.4. The third kappa shape index (κ3) is 3.03. The molecule has 130 valence electrons. The predicted octanol–water partition coefficient (Wildman–Crippen LogP) is 4.64. The highest BCUT2D eigenvalue weighted by atomic mass is 35.5. The summed E-state index contributed by atoms with van der Waals surface area (Å²) in [6.07, 6.45) is 1.60. The molecular formula is C18H21Cl2NO3. The lowest BCUT2D eigenvalue weighted by molar-refractivity contribution is 0.0909. The Morgan fingerprint density at radius 3 is 2.75 bits per heavy atom. The van der Waals surface area contributed by atoms with Gasteiger partial charge in [-0.2, -0.15) is 0 Å². The monoisotopic (exact) mass is 369 g/mol. The van der Waals surface area contributed by atoms with E-state index in [0.29, 0.717) is 34.8 Å². The number of nitrogens with zero attached hydrogens (tertiary/aromatic N) is 1. The summed E-state index contributed by atoms with van der Waals surface area (Å²) >= 11 is 12.3. The zero-order valence-corrected chi connectivity index (χ0v) is 15.4. The number of halogens is 2. The third-order valence-corrected chi connectivity index (χ3v) is 5.92. The highest BCUT2D eigenvalue weighted by Crippen LogP contribution is 2.52. The highest BCUT2D eigenvalue weighted by molar-refractivity contribution is 6.42. The largest absolute Gasteiger partial charge is 0.416 e. The van der Waals surface area contributed by atoms with E-state index in [1.807, 2.05) is 18.2 Å². The van der Waals surface area contributed by atoms with Crippen molar-refractivity contribution in [2.45, 2.75) is 31.3 Å². The number of carbonyl (C=O) groups is 1. The Bertz CT molecular complexity index is 678. The Hall–Kier alpha value is -1.23. The number of hydrogen-bond donors (Lipinski definition) is 0. The van der Waals surface area contributed by atoms with Gasteiger partial charge in [-0.25, -0.2) is 4.79 Å². The van der Waals surface area contributed by atoms with Gasteiger partial charge in [0, 0.05) is 25.6 Å². The van der Waals surface area contributed by atoms with Crippen molar-refractivity contribution in [1.82, 2.24) is 4.90 Å². The number of ether oxygens (including phenoxy) is 2. The molecule has 0 radical (unpaired) electrons. The van der Waals surface area contributed by atoms with Crippen molar-refractivity contribution < 1.29 is 14.3 Å². The Balaban J connectivity index is 1.92. The number of likely N-dealkylation sites (tertiary alicyclic amines) is 1. The zero-order chi connectivity index (χ0) is 17.5. The van der Waals surface area contributed by atoms with Crippen LogP contribution in [-0.4, -0.2) is 37.3 Å². The second-order valence-corrected chi connectivity index (χ2v) is 7.54. The molecule has 0 N–H and O–H groups in total. The number of hydrogen-bond acceptors (Lipinski definition) is 3. The number of fused-ring (bicyclic) bond motifs is 1. The van der Waals surface area contributed by atoms with Crippen LogP contribution in [0.5, 0.6) is 0 Å². The van der Waals surface area contributed by atoms with Crippen LogP contribution in [0.4, 0.5) is 4.79 Å². The van der Waals surface area contributed by atoms with Gasteiger partial charge >= 0.3 is 6.09 Å². The predicted molar refractivity (Wildman–Crippen MR) is 94.5 cm³/mol. The molecule has 2 fully saturated rings. The quantitative estimate of drug-likeness (QED) is 0.728. The van der Waals surface area contributed by atoms with Crippen molar-refractivity contribution >= 4 is 29.3 Å². The van der Waals surface area contributed by atoms with Crippen LogP contribution in [0.3, 0.4) is 0 Å². The fraction of sp³-hybridized carbons (Fsp3) is 0.500. The zero-order valence-electron chi connectivity index (χ0n) is 13.9. The van der Waals surface area contributed by atoms with E-state index in [1.165, 1.54) is 0 Å². The number of amides is 1.